The van der Waals surface area contributed by atoms with Crippen LogP contribution in [-0.2, 0) is 9.59 Å². The first-order chi connectivity index (χ1) is 11.8. The molecule has 1 amide bonds. The molecule has 136 valence electrons. The van der Waals surface area contributed by atoms with Gasteiger partial charge in [-0.05, 0) is 12.1 Å². The Balaban J connectivity index is 1.42. The van der Waals surface area contributed by atoms with E-state index >= 15 is 0 Å². The van der Waals surface area contributed by atoms with Crippen LogP contribution in [0.4, 0.5) is 18.9 Å². The minimum absolute atomic E-state index is 0.169. The highest BCUT2D eigenvalue weighted by Gasteiger charge is 2.42. The summed E-state index contributed by atoms with van der Waals surface area (Å²) in [6.45, 7) is 4.25. The Bertz CT molecular complexity index is 622. The van der Waals surface area contributed by atoms with Crippen LogP contribution in [0, 0.1) is 0 Å². The van der Waals surface area contributed by atoms with Gasteiger partial charge in [-0.15, -0.1) is 0 Å². The first-order valence-corrected chi connectivity index (χ1v) is 8.26. The molecule has 0 aromatic heterocycles. The van der Waals surface area contributed by atoms with Gasteiger partial charge in [0.1, 0.15) is 0 Å². The molecule has 0 bridgehead atoms. The number of anilines is 1. The molecule has 0 unspecified atom stereocenters. The third kappa shape index (κ3) is 4.12. The lowest BCUT2D eigenvalue weighted by Gasteiger charge is -2.48. The Labute approximate surface area is 144 Å². The molecule has 0 atom stereocenters. The average Bonchev–Trinajstić information content (AvgIpc) is 2.54. The van der Waals surface area contributed by atoms with Crippen molar-refractivity contribution in [1.82, 2.24) is 9.80 Å². The van der Waals surface area contributed by atoms with Gasteiger partial charge in [-0.2, -0.15) is 13.2 Å². The molecule has 5 nitrogen and oxygen atoms in total. The number of carbonyl (C=O) groups is 2. The maximum atomic E-state index is 12.2. The monoisotopic (exact) mass is 355 g/mol. The average molecular weight is 355 g/mol. The van der Waals surface area contributed by atoms with Crippen molar-refractivity contribution < 1.29 is 22.8 Å². The van der Waals surface area contributed by atoms with Crippen molar-refractivity contribution in [2.24, 2.45) is 0 Å². The number of likely N-dealkylation sites (tertiary alicyclic amines) is 1. The topological polar surface area (TPSA) is 43.9 Å². The summed E-state index contributed by atoms with van der Waals surface area (Å²) in [6, 6.07) is 10.3. The van der Waals surface area contributed by atoms with E-state index in [-0.39, 0.29) is 6.04 Å². The third-order valence-corrected chi connectivity index (χ3v) is 4.79. The van der Waals surface area contributed by atoms with Crippen molar-refractivity contribution >= 4 is 17.4 Å². The van der Waals surface area contributed by atoms with Gasteiger partial charge in [-0.1, -0.05) is 18.2 Å². The lowest BCUT2D eigenvalue weighted by molar-refractivity contribution is -0.173. The largest absolute Gasteiger partial charge is 0.450 e. The number of halogens is 3. The Morgan fingerprint density at radius 3 is 2.16 bits per heavy atom. The molecule has 2 aliphatic rings. The number of rotatable bonds is 4. The smallest absolute Gasteiger partial charge is 0.369 e. The van der Waals surface area contributed by atoms with Gasteiger partial charge in [-0.3, -0.25) is 14.5 Å². The van der Waals surface area contributed by atoms with Crippen molar-refractivity contribution in [2.45, 2.75) is 18.6 Å². The molecule has 0 spiro atoms. The fourth-order valence-corrected chi connectivity index (χ4v) is 3.22. The van der Waals surface area contributed by atoms with E-state index in [0.717, 1.165) is 26.2 Å². The van der Waals surface area contributed by atoms with Gasteiger partial charge in [-0.25, -0.2) is 0 Å². The highest BCUT2D eigenvalue weighted by molar-refractivity contribution is 6.00. The highest BCUT2D eigenvalue weighted by Crippen LogP contribution is 2.23. The summed E-state index contributed by atoms with van der Waals surface area (Å²) in [5, 5.41) is 0. The first-order valence-electron chi connectivity index (χ1n) is 8.26. The van der Waals surface area contributed by atoms with E-state index in [1.165, 1.54) is 10.6 Å². The van der Waals surface area contributed by atoms with Gasteiger partial charge in [0.25, 0.3) is 0 Å². The van der Waals surface area contributed by atoms with Gasteiger partial charge in [0, 0.05) is 51.0 Å². The van der Waals surface area contributed by atoms with Crippen molar-refractivity contribution in [3.8, 4) is 0 Å². The molecule has 0 radical (unpaired) electrons. The number of carbonyl (C=O) groups excluding carboxylic acids is 2. The number of alkyl halides is 3. The number of Topliss-reactive ketones (excluding diaryl/α,β-unsaturated/α-hetero) is 1. The second-order valence-electron chi connectivity index (χ2n) is 6.41. The van der Waals surface area contributed by atoms with Crippen LogP contribution in [-0.4, -0.2) is 73.0 Å². The van der Waals surface area contributed by atoms with E-state index in [1.807, 2.05) is 18.2 Å². The summed E-state index contributed by atoms with van der Waals surface area (Å²) < 4.78 is 36.6. The van der Waals surface area contributed by atoms with Gasteiger partial charge in [0.2, 0.25) is 11.7 Å². The molecule has 1 aromatic carbocycles. The van der Waals surface area contributed by atoms with Crippen molar-refractivity contribution in [3.63, 3.8) is 0 Å². The molecule has 8 heteroatoms. The van der Waals surface area contributed by atoms with Crippen molar-refractivity contribution in [1.29, 1.82) is 0 Å². The van der Waals surface area contributed by atoms with Crippen LogP contribution in [0.25, 0.3) is 0 Å². The van der Waals surface area contributed by atoms with Crippen LogP contribution in [0.5, 0.6) is 0 Å². The number of ketones is 1. The Morgan fingerprint density at radius 2 is 1.60 bits per heavy atom. The number of para-hydroxylation sites is 1. The van der Waals surface area contributed by atoms with E-state index in [2.05, 4.69) is 21.9 Å². The zero-order valence-corrected chi connectivity index (χ0v) is 13.7. The van der Waals surface area contributed by atoms with Crippen LogP contribution in [0.2, 0.25) is 0 Å². The maximum absolute atomic E-state index is 12.2. The molecular weight excluding hydrogens is 335 g/mol. The summed E-state index contributed by atoms with van der Waals surface area (Å²) >= 11 is 0. The van der Waals surface area contributed by atoms with E-state index in [9.17, 15) is 22.8 Å². The van der Waals surface area contributed by atoms with Gasteiger partial charge < -0.3 is 9.80 Å². The number of piperazine rings is 1. The second kappa shape index (κ2) is 7.03. The summed E-state index contributed by atoms with van der Waals surface area (Å²) in [4.78, 5) is 28.5. The van der Waals surface area contributed by atoms with E-state index in [0.29, 0.717) is 13.1 Å². The molecule has 0 saturated carbocycles. The maximum Gasteiger partial charge on any atom is 0.450 e. The fraction of sp³-hybridized carbons (Fsp3) is 0.529. The molecule has 0 N–H and O–H groups in total. The molecule has 1 aromatic rings. The lowest BCUT2D eigenvalue weighted by atomic mass is 10.0. The van der Waals surface area contributed by atoms with E-state index in [4.69, 9.17) is 0 Å². The minimum Gasteiger partial charge on any atom is -0.369 e. The SMILES string of the molecule is O=C(CC(=O)C(F)(F)F)N1CC(N2CCN(c3ccccc3)CC2)C1. The molecule has 0 aliphatic carbocycles. The number of amides is 1. The molecule has 3 rings (SSSR count). The zero-order valence-electron chi connectivity index (χ0n) is 13.7. The van der Waals surface area contributed by atoms with Crippen molar-refractivity contribution in [2.75, 3.05) is 44.2 Å². The minimum atomic E-state index is -4.94. The normalized spacial score (nSPS) is 19.6. The molecule has 2 fully saturated rings. The van der Waals surface area contributed by atoms with E-state index < -0.39 is 24.3 Å². The zero-order chi connectivity index (χ0) is 18.0. The summed E-state index contributed by atoms with van der Waals surface area (Å²) in [5.74, 6) is -2.71. The summed E-state index contributed by atoms with van der Waals surface area (Å²) in [5.41, 5.74) is 1.18. The van der Waals surface area contributed by atoms with Crippen LogP contribution in [0.1, 0.15) is 6.42 Å². The predicted molar refractivity (Wildman–Crippen MR) is 86.3 cm³/mol. The number of hydrogen-bond donors (Lipinski definition) is 0. The standard InChI is InChI=1S/C17H20F3N3O2/c18-17(19,20)15(24)10-16(25)23-11-14(12-23)22-8-6-21(7-9-22)13-4-2-1-3-5-13/h1-5,14H,6-12H2. The molecule has 2 heterocycles. The van der Waals surface area contributed by atoms with Crippen molar-refractivity contribution in [3.05, 3.63) is 30.3 Å². The van der Waals surface area contributed by atoms with Gasteiger partial charge >= 0.3 is 6.18 Å². The van der Waals surface area contributed by atoms with Gasteiger partial charge in [0.05, 0.1) is 6.42 Å². The highest BCUT2D eigenvalue weighted by atomic mass is 19.4. The molecule has 25 heavy (non-hydrogen) atoms. The predicted octanol–water partition coefficient (Wildman–Crippen LogP) is 1.54. The Hall–Kier alpha value is -2.09. The van der Waals surface area contributed by atoms with Crippen LogP contribution >= 0.6 is 0 Å². The van der Waals surface area contributed by atoms with Crippen LogP contribution in [0.3, 0.4) is 0 Å². The number of hydrogen-bond acceptors (Lipinski definition) is 4. The molecule has 2 saturated heterocycles. The number of nitrogens with zero attached hydrogens (tertiary/aromatic N) is 3. The Kier molecular flexibility index (Phi) is 4.99. The molecule has 2 aliphatic heterocycles. The summed E-state index contributed by atoms with van der Waals surface area (Å²) in [7, 11) is 0. The Morgan fingerprint density at radius 1 is 1.00 bits per heavy atom. The lowest BCUT2D eigenvalue weighted by Crippen LogP contribution is -2.64. The van der Waals surface area contributed by atoms with Crippen LogP contribution < -0.4 is 4.90 Å². The van der Waals surface area contributed by atoms with E-state index in [1.54, 1.807) is 0 Å². The fourth-order valence-electron chi connectivity index (χ4n) is 3.22. The summed E-state index contributed by atoms with van der Waals surface area (Å²) in [6.07, 6.45) is -6.02. The first kappa shape index (κ1) is 17.7. The quantitative estimate of drug-likeness (QED) is 0.769. The second-order valence-corrected chi connectivity index (χ2v) is 6.41. The number of benzene rings is 1. The van der Waals surface area contributed by atoms with Crippen LogP contribution in [0.15, 0.2) is 30.3 Å². The molecular formula is C17H20F3N3O2. The van der Waals surface area contributed by atoms with Gasteiger partial charge in [0.15, 0.2) is 0 Å². The third-order valence-electron chi connectivity index (χ3n) is 4.79.